The van der Waals surface area contributed by atoms with Crippen molar-refractivity contribution in [1.82, 2.24) is 0 Å². The van der Waals surface area contributed by atoms with E-state index >= 15 is 0 Å². The number of nitrogens with one attached hydrogen (secondary N) is 1. The Morgan fingerprint density at radius 3 is 2.68 bits per heavy atom. The average Bonchev–Trinajstić information content (AvgIpc) is 2.39. The molecule has 1 saturated carbocycles. The molecule has 1 amide bonds. The van der Waals surface area contributed by atoms with Gasteiger partial charge in [-0.3, -0.25) is 9.59 Å². The zero-order valence-corrected chi connectivity index (χ0v) is 11.2. The summed E-state index contributed by atoms with van der Waals surface area (Å²) in [6.07, 6.45) is 3.91. The lowest BCUT2D eigenvalue weighted by Crippen LogP contribution is -2.40. The van der Waals surface area contributed by atoms with E-state index in [-0.39, 0.29) is 23.7 Å². The van der Waals surface area contributed by atoms with Gasteiger partial charge < -0.3 is 11.1 Å². The van der Waals surface area contributed by atoms with Crippen molar-refractivity contribution in [3.8, 4) is 0 Å². The van der Waals surface area contributed by atoms with Crippen molar-refractivity contribution in [2.45, 2.75) is 38.6 Å². The molecule has 19 heavy (non-hydrogen) atoms. The first-order valence-electron chi connectivity index (χ1n) is 6.75. The maximum atomic E-state index is 12.2. The van der Waals surface area contributed by atoms with E-state index in [1.807, 2.05) is 0 Å². The molecule has 2 rings (SSSR count). The van der Waals surface area contributed by atoms with E-state index in [2.05, 4.69) is 5.32 Å². The van der Waals surface area contributed by atoms with Gasteiger partial charge in [0.1, 0.15) is 0 Å². The van der Waals surface area contributed by atoms with Crippen LogP contribution >= 0.6 is 0 Å². The van der Waals surface area contributed by atoms with Crippen LogP contribution in [0.1, 0.15) is 43.0 Å². The Bertz CT molecular complexity index is 485. The molecule has 2 unspecified atom stereocenters. The molecule has 0 spiro atoms. The summed E-state index contributed by atoms with van der Waals surface area (Å²) in [5, 5.41) is 2.87. The van der Waals surface area contributed by atoms with Crippen molar-refractivity contribution >= 4 is 17.4 Å². The summed E-state index contributed by atoms with van der Waals surface area (Å²) in [6.45, 7) is 1.51. The molecule has 2 atom stereocenters. The number of ketones is 1. The highest BCUT2D eigenvalue weighted by Gasteiger charge is 2.28. The zero-order valence-electron chi connectivity index (χ0n) is 11.2. The monoisotopic (exact) mass is 260 g/mol. The second-order valence-corrected chi connectivity index (χ2v) is 5.18. The second-order valence-electron chi connectivity index (χ2n) is 5.18. The number of anilines is 1. The van der Waals surface area contributed by atoms with Gasteiger partial charge in [-0.15, -0.1) is 0 Å². The van der Waals surface area contributed by atoms with Crippen LogP contribution in [0.15, 0.2) is 24.3 Å². The molecular formula is C15H20N2O2. The molecule has 1 aromatic rings. The van der Waals surface area contributed by atoms with E-state index in [0.717, 1.165) is 25.7 Å². The Morgan fingerprint density at radius 1 is 1.26 bits per heavy atom. The van der Waals surface area contributed by atoms with Gasteiger partial charge in [0.2, 0.25) is 5.91 Å². The molecular weight excluding hydrogens is 240 g/mol. The van der Waals surface area contributed by atoms with Crippen LogP contribution in [0, 0.1) is 5.92 Å². The number of hydrogen-bond acceptors (Lipinski definition) is 3. The quantitative estimate of drug-likeness (QED) is 0.819. The van der Waals surface area contributed by atoms with Crippen LogP contribution in [0.3, 0.4) is 0 Å². The Labute approximate surface area is 113 Å². The number of hydrogen-bond donors (Lipinski definition) is 2. The Balaban J connectivity index is 2.06. The second kappa shape index (κ2) is 5.97. The molecule has 0 saturated heterocycles. The molecule has 0 bridgehead atoms. The van der Waals surface area contributed by atoms with Gasteiger partial charge >= 0.3 is 0 Å². The minimum atomic E-state index is -0.116. The normalized spacial score (nSPS) is 22.8. The van der Waals surface area contributed by atoms with E-state index in [1.165, 1.54) is 6.92 Å². The van der Waals surface area contributed by atoms with Crippen molar-refractivity contribution in [2.75, 3.05) is 5.32 Å². The van der Waals surface area contributed by atoms with Crippen molar-refractivity contribution < 1.29 is 9.59 Å². The SMILES string of the molecule is CC(=O)c1cccc(NC(=O)C2CCCCC2N)c1. The van der Waals surface area contributed by atoms with Crippen molar-refractivity contribution in [2.24, 2.45) is 11.7 Å². The van der Waals surface area contributed by atoms with Crippen LogP contribution in [0.25, 0.3) is 0 Å². The van der Waals surface area contributed by atoms with Gasteiger partial charge in [-0.1, -0.05) is 25.0 Å². The minimum absolute atomic E-state index is 0.00883. The summed E-state index contributed by atoms with van der Waals surface area (Å²) >= 11 is 0. The molecule has 3 N–H and O–H groups in total. The first kappa shape index (κ1) is 13.7. The number of carbonyl (C=O) groups is 2. The maximum absolute atomic E-state index is 12.2. The van der Waals surface area contributed by atoms with Crippen molar-refractivity contribution in [3.05, 3.63) is 29.8 Å². The lowest BCUT2D eigenvalue weighted by atomic mass is 9.84. The lowest BCUT2D eigenvalue weighted by molar-refractivity contribution is -0.121. The molecule has 102 valence electrons. The number of nitrogens with two attached hydrogens (primary N) is 1. The zero-order chi connectivity index (χ0) is 13.8. The molecule has 1 aliphatic carbocycles. The van der Waals surface area contributed by atoms with E-state index in [4.69, 9.17) is 5.73 Å². The largest absolute Gasteiger partial charge is 0.327 e. The van der Waals surface area contributed by atoms with Crippen molar-refractivity contribution in [3.63, 3.8) is 0 Å². The summed E-state index contributed by atoms with van der Waals surface area (Å²) in [6, 6.07) is 6.95. The summed E-state index contributed by atoms with van der Waals surface area (Å²) in [7, 11) is 0. The first-order valence-corrected chi connectivity index (χ1v) is 6.75. The van der Waals surface area contributed by atoms with Gasteiger partial charge in [-0.2, -0.15) is 0 Å². The van der Waals surface area contributed by atoms with Crippen LogP contribution in [-0.2, 0) is 4.79 Å². The molecule has 0 aromatic heterocycles. The molecule has 4 nitrogen and oxygen atoms in total. The predicted molar refractivity (Wildman–Crippen MR) is 75.0 cm³/mol. The van der Waals surface area contributed by atoms with Gasteiger partial charge in [0, 0.05) is 17.3 Å². The van der Waals surface area contributed by atoms with Gasteiger partial charge in [0.15, 0.2) is 5.78 Å². The maximum Gasteiger partial charge on any atom is 0.229 e. The third-order valence-corrected chi connectivity index (χ3v) is 3.69. The molecule has 4 heteroatoms. The summed E-state index contributed by atoms with van der Waals surface area (Å²) in [5.41, 5.74) is 7.26. The van der Waals surface area contributed by atoms with Crippen molar-refractivity contribution in [1.29, 1.82) is 0 Å². The van der Waals surface area contributed by atoms with E-state index in [0.29, 0.717) is 11.3 Å². The number of amides is 1. The van der Waals surface area contributed by atoms with Crippen LogP contribution < -0.4 is 11.1 Å². The van der Waals surface area contributed by atoms with Crippen LogP contribution in [0.5, 0.6) is 0 Å². The highest BCUT2D eigenvalue weighted by Crippen LogP contribution is 2.24. The van der Waals surface area contributed by atoms with Gasteiger partial charge in [0.05, 0.1) is 5.92 Å². The van der Waals surface area contributed by atoms with Gasteiger partial charge in [0.25, 0.3) is 0 Å². The molecule has 1 fully saturated rings. The number of benzene rings is 1. The van der Waals surface area contributed by atoms with Crippen LogP contribution in [-0.4, -0.2) is 17.7 Å². The molecule has 1 aromatic carbocycles. The molecule has 1 aliphatic rings. The molecule has 0 heterocycles. The Kier molecular flexibility index (Phi) is 4.32. The standard InChI is InChI=1S/C15H20N2O2/c1-10(18)11-5-4-6-12(9-11)17-15(19)13-7-2-3-8-14(13)16/h4-6,9,13-14H,2-3,7-8,16H2,1H3,(H,17,19). The number of carbonyl (C=O) groups excluding carboxylic acids is 2. The lowest BCUT2D eigenvalue weighted by Gasteiger charge is -2.27. The summed E-state index contributed by atoms with van der Waals surface area (Å²) in [4.78, 5) is 23.5. The van der Waals surface area contributed by atoms with Crippen LogP contribution in [0.2, 0.25) is 0 Å². The number of rotatable bonds is 3. The predicted octanol–water partition coefficient (Wildman–Crippen LogP) is 2.35. The number of Topliss-reactive ketones (excluding diaryl/α,β-unsaturated/α-hetero) is 1. The van der Waals surface area contributed by atoms with E-state index < -0.39 is 0 Å². The fraction of sp³-hybridized carbons (Fsp3) is 0.467. The highest BCUT2D eigenvalue weighted by molar-refractivity contribution is 5.97. The fourth-order valence-electron chi connectivity index (χ4n) is 2.54. The highest BCUT2D eigenvalue weighted by atomic mass is 16.2. The topological polar surface area (TPSA) is 72.2 Å². The fourth-order valence-corrected chi connectivity index (χ4v) is 2.54. The van der Waals surface area contributed by atoms with Gasteiger partial charge in [-0.25, -0.2) is 0 Å². The average molecular weight is 260 g/mol. The Hall–Kier alpha value is -1.68. The Morgan fingerprint density at radius 2 is 2.00 bits per heavy atom. The van der Waals surface area contributed by atoms with E-state index in [9.17, 15) is 9.59 Å². The molecule has 0 aliphatic heterocycles. The smallest absolute Gasteiger partial charge is 0.229 e. The van der Waals surface area contributed by atoms with E-state index in [1.54, 1.807) is 24.3 Å². The molecule has 0 radical (unpaired) electrons. The third kappa shape index (κ3) is 3.41. The van der Waals surface area contributed by atoms with Crippen LogP contribution in [0.4, 0.5) is 5.69 Å². The summed E-state index contributed by atoms with van der Waals surface area (Å²) < 4.78 is 0. The first-order chi connectivity index (χ1) is 9.08. The minimum Gasteiger partial charge on any atom is -0.327 e. The van der Waals surface area contributed by atoms with Gasteiger partial charge in [-0.05, 0) is 31.9 Å². The summed E-state index contributed by atoms with van der Waals surface area (Å²) in [5.74, 6) is -0.159. The third-order valence-electron chi connectivity index (χ3n) is 3.69.